The number of rotatable bonds is 4. The molecule has 2 rings (SSSR count). The van der Waals surface area contributed by atoms with Crippen LogP contribution in [0.1, 0.15) is 46.0 Å². The minimum Gasteiger partial charge on any atom is -0.393 e. The topological polar surface area (TPSA) is 57.6 Å². The summed E-state index contributed by atoms with van der Waals surface area (Å²) in [5.74, 6) is -0.440. The molecule has 0 fully saturated rings. The third-order valence-corrected chi connectivity index (χ3v) is 3.13. The van der Waals surface area contributed by atoms with Gasteiger partial charge in [0.05, 0.1) is 17.2 Å². The standard InChI is InChI=1S/C14H17NO3/c1-9-5-6-11-12(8-9)14(18)15(13(11)17)7-3-4-10(2)16/h5-6,8,10,16H,3-4,7H2,1-2H3. The predicted octanol–water partition coefficient (Wildman–Crippen LogP) is 1.75. The molecule has 0 saturated heterocycles. The Bertz CT molecular complexity index is 494. The van der Waals surface area contributed by atoms with Gasteiger partial charge in [0, 0.05) is 6.54 Å². The van der Waals surface area contributed by atoms with Gasteiger partial charge in [0.15, 0.2) is 0 Å². The van der Waals surface area contributed by atoms with Gasteiger partial charge in [-0.1, -0.05) is 11.6 Å². The number of benzene rings is 1. The molecule has 0 bridgehead atoms. The van der Waals surface area contributed by atoms with Gasteiger partial charge in [-0.05, 0) is 38.8 Å². The van der Waals surface area contributed by atoms with Gasteiger partial charge in [-0.3, -0.25) is 14.5 Å². The SMILES string of the molecule is Cc1ccc2c(c1)C(=O)N(CCCC(C)O)C2=O. The molecule has 0 radical (unpaired) electrons. The monoisotopic (exact) mass is 247 g/mol. The zero-order valence-corrected chi connectivity index (χ0v) is 10.6. The first kappa shape index (κ1) is 12.8. The van der Waals surface area contributed by atoms with E-state index in [1.807, 2.05) is 13.0 Å². The van der Waals surface area contributed by atoms with Crippen LogP contribution in [-0.4, -0.2) is 34.5 Å². The van der Waals surface area contributed by atoms with Gasteiger partial charge >= 0.3 is 0 Å². The van der Waals surface area contributed by atoms with Crippen LogP contribution in [0.15, 0.2) is 18.2 Å². The third-order valence-electron chi connectivity index (χ3n) is 3.13. The molecule has 1 N–H and O–H groups in total. The van der Waals surface area contributed by atoms with Crippen molar-refractivity contribution < 1.29 is 14.7 Å². The lowest BCUT2D eigenvalue weighted by Gasteiger charge is -2.13. The van der Waals surface area contributed by atoms with Crippen LogP contribution in [-0.2, 0) is 0 Å². The van der Waals surface area contributed by atoms with Crippen LogP contribution in [0.25, 0.3) is 0 Å². The fourth-order valence-corrected chi connectivity index (χ4v) is 2.15. The fraction of sp³-hybridized carbons (Fsp3) is 0.429. The summed E-state index contributed by atoms with van der Waals surface area (Å²) in [5.41, 5.74) is 1.96. The molecule has 96 valence electrons. The van der Waals surface area contributed by atoms with Crippen LogP contribution < -0.4 is 0 Å². The van der Waals surface area contributed by atoms with E-state index in [9.17, 15) is 14.7 Å². The van der Waals surface area contributed by atoms with E-state index in [0.29, 0.717) is 30.5 Å². The van der Waals surface area contributed by atoms with Crippen LogP contribution in [0.2, 0.25) is 0 Å². The average Bonchev–Trinajstić information content (AvgIpc) is 2.53. The first-order valence-electron chi connectivity index (χ1n) is 6.15. The fourth-order valence-electron chi connectivity index (χ4n) is 2.15. The van der Waals surface area contributed by atoms with Crippen molar-refractivity contribution in [1.82, 2.24) is 4.90 Å². The molecule has 0 spiro atoms. The lowest BCUT2D eigenvalue weighted by molar-refractivity contribution is 0.0643. The Morgan fingerprint density at radius 3 is 2.56 bits per heavy atom. The lowest BCUT2D eigenvalue weighted by atomic mass is 10.1. The molecular weight excluding hydrogens is 230 g/mol. The maximum Gasteiger partial charge on any atom is 0.261 e. The van der Waals surface area contributed by atoms with Crippen LogP contribution in [0.3, 0.4) is 0 Å². The van der Waals surface area contributed by atoms with E-state index in [4.69, 9.17) is 0 Å². The van der Waals surface area contributed by atoms with Gasteiger partial charge in [-0.15, -0.1) is 0 Å². The summed E-state index contributed by atoms with van der Waals surface area (Å²) >= 11 is 0. The first-order valence-corrected chi connectivity index (χ1v) is 6.15. The number of nitrogens with zero attached hydrogens (tertiary/aromatic N) is 1. The van der Waals surface area contributed by atoms with Crippen molar-refractivity contribution in [3.05, 3.63) is 34.9 Å². The van der Waals surface area contributed by atoms with E-state index in [2.05, 4.69) is 0 Å². The van der Waals surface area contributed by atoms with E-state index in [0.717, 1.165) is 5.56 Å². The molecule has 0 saturated carbocycles. The van der Waals surface area contributed by atoms with Crippen LogP contribution in [0.4, 0.5) is 0 Å². The van der Waals surface area contributed by atoms with Crippen LogP contribution in [0, 0.1) is 6.92 Å². The summed E-state index contributed by atoms with van der Waals surface area (Å²) < 4.78 is 0. The summed E-state index contributed by atoms with van der Waals surface area (Å²) in [6, 6.07) is 5.30. The van der Waals surface area contributed by atoms with Crippen LogP contribution >= 0.6 is 0 Å². The van der Waals surface area contributed by atoms with Gasteiger partial charge in [-0.2, -0.15) is 0 Å². The Balaban J connectivity index is 2.13. The molecule has 1 unspecified atom stereocenters. The highest BCUT2D eigenvalue weighted by Crippen LogP contribution is 2.24. The molecule has 0 aliphatic carbocycles. The van der Waals surface area contributed by atoms with Crippen molar-refractivity contribution in [2.75, 3.05) is 6.54 Å². The minimum atomic E-state index is -0.401. The summed E-state index contributed by atoms with van der Waals surface area (Å²) in [5, 5.41) is 9.18. The van der Waals surface area contributed by atoms with Gasteiger partial charge < -0.3 is 5.11 Å². The largest absolute Gasteiger partial charge is 0.393 e. The minimum absolute atomic E-state index is 0.218. The molecule has 1 heterocycles. The molecular formula is C14H17NO3. The van der Waals surface area contributed by atoms with Crippen molar-refractivity contribution in [3.63, 3.8) is 0 Å². The van der Waals surface area contributed by atoms with Gasteiger partial charge in [-0.25, -0.2) is 0 Å². The van der Waals surface area contributed by atoms with Crippen molar-refractivity contribution in [3.8, 4) is 0 Å². The van der Waals surface area contributed by atoms with Crippen molar-refractivity contribution in [2.45, 2.75) is 32.8 Å². The third kappa shape index (κ3) is 2.29. The highest BCUT2D eigenvalue weighted by Gasteiger charge is 2.34. The Morgan fingerprint density at radius 1 is 1.22 bits per heavy atom. The Hall–Kier alpha value is -1.68. The van der Waals surface area contributed by atoms with Gasteiger partial charge in [0.1, 0.15) is 0 Å². The molecule has 1 atom stereocenters. The quantitative estimate of drug-likeness (QED) is 0.825. The number of hydrogen-bond donors (Lipinski definition) is 1. The number of carbonyl (C=O) groups is 2. The number of aliphatic hydroxyl groups excluding tert-OH is 1. The summed E-state index contributed by atoms with van der Waals surface area (Å²) in [4.78, 5) is 25.4. The number of carbonyl (C=O) groups excluding carboxylic acids is 2. The maximum absolute atomic E-state index is 12.1. The average molecular weight is 247 g/mol. The molecule has 4 heteroatoms. The highest BCUT2D eigenvalue weighted by molar-refractivity contribution is 6.21. The van der Waals surface area contributed by atoms with Gasteiger partial charge in [0.25, 0.3) is 11.8 Å². The normalized spacial score (nSPS) is 16.1. The Labute approximate surface area is 106 Å². The van der Waals surface area contributed by atoms with E-state index in [-0.39, 0.29) is 11.8 Å². The lowest BCUT2D eigenvalue weighted by Crippen LogP contribution is -2.31. The zero-order chi connectivity index (χ0) is 13.3. The first-order chi connectivity index (χ1) is 8.50. The second-order valence-electron chi connectivity index (χ2n) is 4.80. The number of aryl methyl sites for hydroxylation is 1. The van der Waals surface area contributed by atoms with E-state index in [1.165, 1.54) is 4.90 Å². The Kier molecular flexibility index (Phi) is 3.48. The number of imide groups is 1. The Morgan fingerprint density at radius 2 is 1.89 bits per heavy atom. The highest BCUT2D eigenvalue weighted by atomic mass is 16.3. The van der Waals surface area contributed by atoms with E-state index in [1.54, 1.807) is 19.1 Å². The molecule has 1 aromatic carbocycles. The smallest absolute Gasteiger partial charge is 0.261 e. The molecule has 1 aliphatic heterocycles. The predicted molar refractivity (Wildman–Crippen MR) is 67.5 cm³/mol. The van der Waals surface area contributed by atoms with Gasteiger partial charge in [0.2, 0.25) is 0 Å². The second-order valence-corrected chi connectivity index (χ2v) is 4.80. The molecule has 1 aliphatic rings. The molecule has 4 nitrogen and oxygen atoms in total. The number of aliphatic hydroxyl groups is 1. The van der Waals surface area contributed by atoms with Crippen molar-refractivity contribution in [1.29, 1.82) is 0 Å². The van der Waals surface area contributed by atoms with Crippen molar-refractivity contribution >= 4 is 11.8 Å². The molecule has 0 aromatic heterocycles. The zero-order valence-electron chi connectivity index (χ0n) is 10.6. The molecule has 18 heavy (non-hydrogen) atoms. The molecule has 2 amide bonds. The maximum atomic E-state index is 12.1. The summed E-state index contributed by atoms with van der Waals surface area (Å²) in [6.45, 7) is 3.97. The molecule has 1 aromatic rings. The van der Waals surface area contributed by atoms with E-state index < -0.39 is 6.10 Å². The van der Waals surface area contributed by atoms with E-state index >= 15 is 0 Å². The number of hydrogen-bond acceptors (Lipinski definition) is 3. The number of amides is 2. The summed E-state index contributed by atoms with van der Waals surface area (Å²) in [7, 11) is 0. The van der Waals surface area contributed by atoms with Crippen LogP contribution in [0.5, 0.6) is 0 Å². The van der Waals surface area contributed by atoms with Crippen molar-refractivity contribution in [2.24, 2.45) is 0 Å². The number of fused-ring (bicyclic) bond motifs is 1. The summed E-state index contributed by atoms with van der Waals surface area (Å²) in [6.07, 6.45) is 0.816. The second kappa shape index (κ2) is 4.90.